The zero-order chi connectivity index (χ0) is 20.2. The Bertz CT molecular complexity index is 1080. The van der Waals surface area contributed by atoms with Crippen molar-refractivity contribution in [2.75, 3.05) is 12.1 Å². The van der Waals surface area contributed by atoms with E-state index in [1.54, 1.807) is 24.3 Å². The second kappa shape index (κ2) is 7.97. The lowest BCUT2D eigenvalue weighted by molar-refractivity contribution is 0.0944. The summed E-state index contributed by atoms with van der Waals surface area (Å²) in [5.74, 6) is 1.46. The Labute approximate surface area is 166 Å². The number of amides is 1. The van der Waals surface area contributed by atoms with Crippen molar-refractivity contribution in [1.82, 2.24) is 15.3 Å². The molecular weight excluding hydrogens is 372 g/mol. The maximum absolute atomic E-state index is 12.5. The maximum Gasteiger partial charge on any atom is 0.270 e. The summed E-state index contributed by atoms with van der Waals surface area (Å²) in [6, 6.07) is 14.1. The van der Waals surface area contributed by atoms with E-state index in [0.717, 1.165) is 5.56 Å². The molecule has 0 fully saturated rings. The van der Waals surface area contributed by atoms with E-state index in [1.807, 2.05) is 24.3 Å². The van der Waals surface area contributed by atoms with Gasteiger partial charge in [0, 0.05) is 23.9 Å². The zero-order valence-corrected chi connectivity index (χ0v) is 15.6. The fraction of sp³-hybridized carbons (Fsp3) is 0.143. The van der Waals surface area contributed by atoms with Crippen molar-refractivity contribution >= 4 is 23.2 Å². The van der Waals surface area contributed by atoms with Crippen molar-refractivity contribution in [2.45, 2.75) is 13.5 Å². The second-order valence-corrected chi connectivity index (χ2v) is 6.42. The molecule has 2 heterocycles. The van der Waals surface area contributed by atoms with Crippen LogP contribution in [0.1, 0.15) is 33.3 Å². The number of benzene rings is 2. The van der Waals surface area contributed by atoms with Crippen LogP contribution in [-0.2, 0) is 6.54 Å². The number of carbonyl (C=O) groups is 2. The fourth-order valence-corrected chi connectivity index (χ4v) is 2.84. The molecule has 146 valence electrons. The number of Topliss-reactive ketones (excluding diaryl/α,β-unsaturated/α-hetero) is 1. The molecule has 1 aromatic heterocycles. The van der Waals surface area contributed by atoms with Gasteiger partial charge in [0.25, 0.3) is 5.91 Å². The molecule has 29 heavy (non-hydrogen) atoms. The lowest BCUT2D eigenvalue weighted by Gasteiger charge is -2.09. The lowest BCUT2D eigenvalue weighted by atomic mass is 10.1. The second-order valence-electron chi connectivity index (χ2n) is 6.42. The molecule has 0 atom stereocenters. The normalized spacial score (nSPS) is 11.8. The Kier molecular flexibility index (Phi) is 5.07. The number of nitrogens with one attached hydrogen (secondary N) is 2. The molecule has 8 heteroatoms. The molecule has 0 radical (unpaired) electrons. The van der Waals surface area contributed by atoms with Gasteiger partial charge < -0.3 is 20.1 Å². The number of carbonyl (C=O) groups excluding carboxylic acids is 2. The molecule has 0 saturated carbocycles. The minimum absolute atomic E-state index is 0.0279. The number of aromatic nitrogens is 2. The first-order valence-corrected chi connectivity index (χ1v) is 8.95. The fourth-order valence-electron chi connectivity index (χ4n) is 2.84. The molecule has 0 unspecified atom stereocenters. The van der Waals surface area contributed by atoms with Crippen LogP contribution in [0.3, 0.4) is 0 Å². The number of ketones is 1. The third-order valence-corrected chi connectivity index (χ3v) is 4.33. The van der Waals surface area contributed by atoms with Gasteiger partial charge in [0.15, 0.2) is 17.3 Å². The average Bonchev–Trinajstić information content (AvgIpc) is 3.20. The molecule has 1 aliphatic heterocycles. The van der Waals surface area contributed by atoms with Crippen LogP contribution in [0.5, 0.6) is 11.5 Å². The smallest absolute Gasteiger partial charge is 0.270 e. The van der Waals surface area contributed by atoms with E-state index in [-0.39, 0.29) is 24.2 Å². The number of fused-ring (bicyclic) bond motifs is 1. The SMILES string of the molecule is CC(=O)c1cccc(Nc2cc(C(=O)NCc3ccc4c(c3)OCO4)ncn2)c1. The van der Waals surface area contributed by atoms with Crippen molar-refractivity contribution in [2.24, 2.45) is 0 Å². The summed E-state index contributed by atoms with van der Waals surface area (Å²) in [6.07, 6.45) is 1.31. The van der Waals surface area contributed by atoms with Gasteiger partial charge in [-0.15, -0.1) is 0 Å². The third kappa shape index (κ3) is 4.32. The largest absolute Gasteiger partial charge is 0.454 e. The Morgan fingerprint density at radius 1 is 1.03 bits per heavy atom. The highest BCUT2D eigenvalue weighted by Gasteiger charge is 2.14. The molecule has 3 aromatic rings. The topological polar surface area (TPSA) is 102 Å². The van der Waals surface area contributed by atoms with E-state index in [1.165, 1.54) is 13.3 Å². The van der Waals surface area contributed by atoms with E-state index in [2.05, 4.69) is 20.6 Å². The van der Waals surface area contributed by atoms with Gasteiger partial charge in [0.2, 0.25) is 6.79 Å². The van der Waals surface area contributed by atoms with Crippen LogP contribution in [0.4, 0.5) is 11.5 Å². The summed E-state index contributed by atoms with van der Waals surface area (Å²) in [5.41, 5.74) is 2.40. The first-order valence-electron chi connectivity index (χ1n) is 8.95. The van der Waals surface area contributed by atoms with Crippen LogP contribution < -0.4 is 20.1 Å². The predicted molar refractivity (Wildman–Crippen MR) is 105 cm³/mol. The molecule has 4 rings (SSSR count). The van der Waals surface area contributed by atoms with Gasteiger partial charge >= 0.3 is 0 Å². The summed E-state index contributed by atoms with van der Waals surface area (Å²) < 4.78 is 10.6. The van der Waals surface area contributed by atoms with E-state index in [9.17, 15) is 9.59 Å². The number of ether oxygens (including phenoxy) is 2. The van der Waals surface area contributed by atoms with Gasteiger partial charge in [-0.3, -0.25) is 9.59 Å². The van der Waals surface area contributed by atoms with Crippen molar-refractivity contribution in [3.63, 3.8) is 0 Å². The molecule has 0 saturated heterocycles. The monoisotopic (exact) mass is 390 g/mol. The van der Waals surface area contributed by atoms with Crippen molar-refractivity contribution in [3.8, 4) is 11.5 Å². The molecule has 2 N–H and O–H groups in total. The Balaban J connectivity index is 1.42. The highest BCUT2D eigenvalue weighted by molar-refractivity contribution is 5.95. The van der Waals surface area contributed by atoms with E-state index in [0.29, 0.717) is 35.1 Å². The van der Waals surface area contributed by atoms with Crippen molar-refractivity contribution < 1.29 is 19.1 Å². The molecular formula is C21H18N4O4. The number of anilines is 2. The van der Waals surface area contributed by atoms with Gasteiger partial charge in [-0.05, 0) is 36.8 Å². The zero-order valence-electron chi connectivity index (χ0n) is 15.6. The average molecular weight is 390 g/mol. The predicted octanol–water partition coefficient (Wildman–Crippen LogP) is 3.08. The molecule has 0 spiro atoms. The van der Waals surface area contributed by atoms with Gasteiger partial charge in [0.1, 0.15) is 17.8 Å². The number of rotatable bonds is 6. The minimum Gasteiger partial charge on any atom is -0.454 e. The van der Waals surface area contributed by atoms with Crippen LogP contribution in [0.15, 0.2) is 54.9 Å². The van der Waals surface area contributed by atoms with Gasteiger partial charge in [-0.2, -0.15) is 0 Å². The molecule has 1 amide bonds. The third-order valence-electron chi connectivity index (χ3n) is 4.33. The number of hydrogen-bond donors (Lipinski definition) is 2. The van der Waals surface area contributed by atoms with Gasteiger partial charge in [0.05, 0.1) is 0 Å². The number of nitrogens with zero attached hydrogens (tertiary/aromatic N) is 2. The van der Waals surface area contributed by atoms with Crippen LogP contribution >= 0.6 is 0 Å². The van der Waals surface area contributed by atoms with Crippen molar-refractivity contribution in [1.29, 1.82) is 0 Å². The van der Waals surface area contributed by atoms with E-state index in [4.69, 9.17) is 9.47 Å². The standard InChI is InChI=1S/C21H18N4O4/c1-13(26)15-3-2-4-16(8-15)25-20-9-17(23-11-24-20)21(27)22-10-14-5-6-18-19(7-14)29-12-28-18/h2-9,11H,10,12H2,1H3,(H,22,27)(H,23,24,25). The Morgan fingerprint density at radius 2 is 1.90 bits per heavy atom. The molecule has 0 bridgehead atoms. The highest BCUT2D eigenvalue weighted by atomic mass is 16.7. The Morgan fingerprint density at radius 3 is 2.76 bits per heavy atom. The van der Waals surface area contributed by atoms with E-state index >= 15 is 0 Å². The minimum atomic E-state index is -0.328. The van der Waals surface area contributed by atoms with Crippen LogP contribution in [0, 0.1) is 0 Å². The van der Waals surface area contributed by atoms with Crippen LogP contribution in [0.2, 0.25) is 0 Å². The maximum atomic E-state index is 12.5. The summed E-state index contributed by atoms with van der Waals surface area (Å²) in [6.45, 7) is 2.03. The summed E-state index contributed by atoms with van der Waals surface area (Å²) >= 11 is 0. The quantitative estimate of drug-likeness (QED) is 0.624. The van der Waals surface area contributed by atoms with Gasteiger partial charge in [-0.1, -0.05) is 18.2 Å². The summed E-state index contributed by atoms with van der Waals surface area (Å²) in [4.78, 5) is 32.2. The Hall–Kier alpha value is -3.94. The summed E-state index contributed by atoms with van der Waals surface area (Å²) in [5, 5.41) is 5.91. The number of hydrogen-bond acceptors (Lipinski definition) is 7. The lowest BCUT2D eigenvalue weighted by Crippen LogP contribution is -2.24. The first kappa shape index (κ1) is 18.4. The molecule has 8 nitrogen and oxygen atoms in total. The first-order chi connectivity index (χ1) is 14.1. The molecule has 2 aromatic carbocycles. The van der Waals surface area contributed by atoms with Crippen molar-refractivity contribution in [3.05, 3.63) is 71.7 Å². The molecule has 0 aliphatic carbocycles. The molecule has 1 aliphatic rings. The van der Waals surface area contributed by atoms with Gasteiger partial charge in [-0.25, -0.2) is 9.97 Å². The van der Waals surface area contributed by atoms with Crippen LogP contribution in [0.25, 0.3) is 0 Å². The van der Waals surface area contributed by atoms with E-state index < -0.39 is 0 Å². The van der Waals surface area contributed by atoms with Crippen LogP contribution in [-0.4, -0.2) is 28.5 Å². The summed E-state index contributed by atoms with van der Waals surface area (Å²) in [7, 11) is 0. The highest BCUT2D eigenvalue weighted by Crippen LogP contribution is 2.32.